The minimum atomic E-state index is -0.462. The topological polar surface area (TPSA) is 114 Å². The lowest BCUT2D eigenvalue weighted by Crippen LogP contribution is -2.05. The van der Waals surface area contributed by atoms with E-state index in [2.05, 4.69) is 41.5 Å². The predicted octanol–water partition coefficient (Wildman–Crippen LogP) is 4.88. The lowest BCUT2D eigenvalue weighted by molar-refractivity contribution is 0.0531. The zero-order valence-electron chi connectivity index (χ0n) is 16.1. The van der Waals surface area contributed by atoms with Crippen LogP contribution in [0.1, 0.15) is 38.8 Å². The highest BCUT2D eigenvalue weighted by Crippen LogP contribution is 2.37. The predicted molar refractivity (Wildman–Crippen MR) is 118 cm³/mol. The van der Waals surface area contributed by atoms with Crippen LogP contribution in [-0.2, 0) is 10.5 Å². The summed E-state index contributed by atoms with van der Waals surface area (Å²) >= 11 is 3.89. The first-order valence-electron chi connectivity index (χ1n) is 8.72. The van der Waals surface area contributed by atoms with Gasteiger partial charge in [-0.25, -0.2) is 4.79 Å². The SMILES string of the molecule is CCOC(=O)c1sc(N)c(C#N)c1CSc1nnc(Nc2cccc(C)c2C)s1. The maximum Gasteiger partial charge on any atom is 0.348 e. The number of aryl methyl sites for hydroxylation is 1. The third-order valence-electron chi connectivity index (χ3n) is 4.20. The van der Waals surface area contributed by atoms with Crippen molar-refractivity contribution in [3.8, 4) is 6.07 Å². The number of rotatable bonds is 7. The first kappa shape index (κ1) is 21.1. The van der Waals surface area contributed by atoms with E-state index in [1.165, 1.54) is 28.7 Å². The molecule has 3 aromatic rings. The summed E-state index contributed by atoms with van der Waals surface area (Å²) in [6, 6.07) is 8.13. The Morgan fingerprint density at radius 2 is 2.14 bits per heavy atom. The number of carbonyl (C=O) groups is 1. The van der Waals surface area contributed by atoms with Gasteiger partial charge in [-0.2, -0.15) is 5.26 Å². The van der Waals surface area contributed by atoms with Crippen molar-refractivity contribution in [3.63, 3.8) is 0 Å². The summed E-state index contributed by atoms with van der Waals surface area (Å²) in [6.07, 6.45) is 0. The number of aromatic nitrogens is 2. The van der Waals surface area contributed by atoms with Crippen LogP contribution in [0.15, 0.2) is 22.5 Å². The van der Waals surface area contributed by atoms with Crippen LogP contribution in [0.3, 0.4) is 0 Å². The standard InChI is InChI=1S/C19H19N5O2S3/c1-4-26-17(25)15-13(12(8-20)16(21)28-15)9-27-19-24-23-18(29-19)22-14-7-5-6-10(2)11(14)3/h5-7H,4,9,21H2,1-3H3,(H,22,23). The van der Waals surface area contributed by atoms with Gasteiger partial charge in [0.05, 0.1) is 12.2 Å². The Morgan fingerprint density at radius 1 is 1.34 bits per heavy atom. The third kappa shape index (κ3) is 4.70. The number of nitrogens with two attached hydrogens (primary N) is 1. The molecule has 0 radical (unpaired) electrons. The quantitative estimate of drug-likeness (QED) is 0.390. The Morgan fingerprint density at radius 3 is 2.86 bits per heavy atom. The minimum Gasteiger partial charge on any atom is -0.462 e. The molecule has 10 heteroatoms. The summed E-state index contributed by atoms with van der Waals surface area (Å²) in [5.74, 6) is -0.0844. The second-order valence-corrected chi connectivity index (χ2v) is 9.27. The van der Waals surface area contributed by atoms with E-state index >= 15 is 0 Å². The van der Waals surface area contributed by atoms with E-state index in [1.54, 1.807) is 6.92 Å². The number of hydrogen-bond acceptors (Lipinski definition) is 10. The number of thiophene rings is 1. The fraction of sp³-hybridized carbons (Fsp3) is 0.263. The molecule has 0 aliphatic carbocycles. The van der Waals surface area contributed by atoms with E-state index < -0.39 is 5.97 Å². The molecule has 0 spiro atoms. The average Bonchev–Trinajstić information content (AvgIpc) is 3.27. The van der Waals surface area contributed by atoms with Crippen LogP contribution in [0.25, 0.3) is 0 Å². The molecule has 7 nitrogen and oxygen atoms in total. The van der Waals surface area contributed by atoms with Gasteiger partial charge >= 0.3 is 5.97 Å². The summed E-state index contributed by atoms with van der Waals surface area (Å²) in [5.41, 5.74) is 10.2. The van der Waals surface area contributed by atoms with Crippen molar-refractivity contribution in [3.05, 3.63) is 45.3 Å². The largest absolute Gasteiger partial charge is 0.462 e. The van der Waals surface area contributed by atoms with Gasteiger partial charge in [-0.3, -0.25) is 0 Å². The van der Waals surface area contributed by atoms with Gasteiger partial charge in [0.25, 0.3) is 0 Å². The average molecular weight is 446 g/mol. The molecule has 0 atom stereocenters. The van der Waals surface area contributed by atoms with Gasteiger partial charge in [-0.05, 0) is 38.0 Å². The second kappa shape index (κ2) is 9.26. The lowest BCUT2D eigenvalue weighted by Gasteiger charge is -2.08. The lowest BCUT2D eigenvalue weighted by atomic mass is 10.1. The molecule has 3 rings (SSSR count). The maximum absolute atomic E-state index is 12.2. The molecule has 0 aliphatic heterocycles. The number of nitrogens with zero attached hydrogens (tertiary/aromatic N) is 3. The molecule has 3 N–H and O–H groups in total. The number of thioether (sulfide) groups is 1. The number of nitriles is 1. The summed E-state index contributed by atoms with van der Waals surface area (Å²) < 4.78 is 5.81. The van der Waals surface area contributed by atoms with Crippen LogP contribution in [0.4, 0.5) is 15.8 Å². The molecule has 0 unspecified atom stereocenters. The molecule has 0 amide bonds. The molecule has 2 aromatic heterocycles. The number of hydrogen-bond donors (Lipinski definition) is 2. The van der Waals surface area contributed by atoms with Crippen molar-refractivity contribution in [1.29, 1.82) is 5.26 Å². The molecule has 0 saturated carbocycles. The molecule has 0 fully saturated rings. The monoisotopic (exact) mass is 445 g/mol. The van der Waals surface area contributed by atoms with Crippen molar-refractivity contribution in [2.45, 2.75) is 30.9 Å². The number of nitrogen functional groups attached to an aromatic ring is 1. The van der Waals surface area contributed by atoms with E-state index in [1.807, 2.05) is 12.1 Å². The normalized spacial score (nSPS) is 10.6. The third-order valence-corrected chi connectivity index (χ3v) is 7.24. The summed E-state index contributed by atoms with van der Waals surface area (Å²) in [5, 5.41) is 22.1. The Labute approximate surface area is 180 Å². The summed E-state index contributed by atoms with van der Waals surface area (Å²) in [6.45, 7) is 6.10. The van der Waals surface area contributed by atoms with E-state index in [-0.39, 0.29) is 6.61 Å². The maximum atomic E-state index is 12.2. The highest BCUT2D eigenvalue weighted by atomic mass is 32.2. The van der Waals surface area contributed by atoms with Gasteiger partial charge in [-0.15, -0.1) is 21.5 Å². The van der Waals surface area contributed by atoms with Gasteiger partial charge in [0.1, 0.15) is 15.9 Å². The van der Waals surface area contributed by atoms with Crippen LogP contribution in [0, 0.1) is 25.2 Å². The smallest absolute Gasteiger partial charge is 0.348 e. The molecule has 1 aromatic carbocycles. The second-order valence-electron chi connectivity index (χ2n) is 6.02. The molecule has 150 valence electrons. The van der Waals surface area contributed by atoms with Gasteiger partial charge < -0.3 is 15.8 Å². The molecule has 2 heterocycles. The zero-order chi connectivity index (χ0) is 21.0. The Kier molecular flexibility index (Phi) is 6.74. The number of benzene rings is 1. The van der Waals surface area contributed by atoms with Crippen LogP contribution >= 0.6 is 34.4 Å². The van der Waals surface area contributed by atoms with Gasteiger partial charge in [-0.1, -0.05) is 35.2 Å². The number of carbonyl (C=O) groups excluding carboxylic acids is 1. The number of anilines is 3. The fourth-order valence-electron chi connectivity index (χ4n) is 2.56. The first-order chi connectivity index (χ1) is 13.9. The van der Waals surface area contributed by atoms with Gasteiger partial charge in [0.15, 0.2) is 4.34 Å². The van der Waals surface area contributed by atoms with Crippen molar-refractivity contribution in [2.24, 2.45) is 0 Å². The van der Waals surface area contributed by atoms with Crippen molar-refractivity contribution >= 4 is 56.2 Å². The van der Waals surface area contributed by atoms with Crippen LogP contribution in [0.5, 0.6) is 0 Å². The van der Waals surface area contributed by atoms with Crippen LogP contribution in [-0.4, -0.2) is 22.8 Å². The molecular weight excluding hydrogens is 426 g/mol. The fourth-order valence-corrected chi connectivity index (χ4v) is 5.38. The van der Waals surface area contributed by atoms with E-state index in [9.17, 15) is 10.1 Å². The first-order valence-corrected chi connectivity index (χ1v) is 11.3. The molecule has 0 saturated heterocycles. The van der Waals surface area contributed by atoms with E-state index in [4.69, 9.17) is 10.5 Å². The number of nitrogens with one attached hydrogen (secondary N) is 1. The highest BCUT2D eigenvalue weighted by molar-refractivity contribution is 8.00. The highest BCUT2D eigenvalue weighted by Gasteiger charge is 2.23. The summed E-state index contributed by atoms with van der Waals surface area (Å²) in [4.78, 5) is 12.6. The molecular formula is C19H19N5O2S3. The van der Waals surface area contributed by atoms with Gasteiger partial charge in [0, 0.05) is 17.0 Å². The minimum absolute atomic E-state index is 0.259. The Hall–Kier alpha value is -2.61. The number of ether oxygens (including phenoxy) is 1. The molecule has 0 aliphatic rings. The number of esters is 1. The zero-order valence-corrected chi connectivity index (χ0v) is 18.6. The Bertz CT molecular complexity index is 1080. The molecule has 29 heavy (non-hydrogen) atoms. The van der Waals surface area contributed by atoms with Crippen molar-refractivity contribution < 1.29 is 9.53 Å². The molecule has 0 bridgehead atoms. The van der Waals surface area contributed by atoms with Crippen LogP contribution in [0.2, 0.25) is 0 Å². The summed E-state index contributed by atoms with van der Waals surface area (Å²) in [7, 11) is 0. The van der Waals surface area contributed by atoms with Gasteiger partial charge in [0.2, 0.25) is 5.13 Å². The van der Waals surface area contributed by atoms with Crippen LogP contribution < -0.4 is 11.1 Å². The van der Waals surface area contributed by atoms with Crippen molar-refractivity contribution in [1.82, 2.24) is 10.2 Å². The van der Waals surface area contributed by atoms with E-state index in [0.29, 0.717) is 31.9 Å². The van der Waals surface area contributed by atoms with Crippen molar-refractivity contribution in [2.75, 3.05) is 17.7 Å². The van der Waals surface area contributed by atoms with E-state index in [0.717, 1.165) is 26.9 Å². The Balaban J connectivity index is 1.75.